The lowest BCUT2D eigenvalue weighted by atomic mass is 10.0. The highest BCUT2D eigenvalue weighted by Gasteiger charge is 2.37. The molecule has 1 saturated heterocycles. The highest BCUT2D eigenvalue weighted by molar-refractivity contribution is 9.10. The Morgan fingerprint density at radius 3 is 2.46 bits per heavy atom. The van der Waals surface area contributed by atoms with Crippen LogP contribution in [0.5, 0.6) is 11.5 Å². The van der Waals surface area contributed by atoms with Gasteiger partial charge in [-0.1, -0.05) is 51.8 Å². The molecule has 1 aliphatic rings. The predicted octanol–water partition coefficient (Wildman–Crippen LogP) is 6.36. The van der Waals surface area contributed by atoms with Crippen LogP contribution >= 0.6 is 27.5 Å². The van der Waals surface area contributed by atoms with Crippen molar-refractivity contribution in [2.75, 3.05) is 11.5 Å². The zero-order valence-electron chi connectivity index (χ0n) is 20.4. The molecule has 9 heteroatoms. The molecule has 3 aromatic rings. The van der Waals surface area contributed by atoms with E-state index in [1.54, 1.807) is 24.3 Å². The minimum absolute atomic E-state index is 0.206. The van der Waals surface area contributed by atoms with Gasteiger partial charge in [0, 0.05) is 4.47 Å². The number of hydrogen-bond acceptors (Lipinski definition) is 5. The Hall–Kier alpha value is -3.62. The van der Waals surface area contributed by atoms with Crippen LogP contribution in [-0.2, 0) is 16.2 Å². The molecule has 0 aliphatic carbocycles. The normalized spacial score (nSPS) is 14.7. The van der Waals surface area contributed by atoms with Crippen molar-refractivity contribution >= 4 is 57.1 Å². The molecule has 0 unspecified atom stereocenters. The third-order valence-electron chi connectivity index (χ3n) is 5.86. The van der Waals surface area contributed by atoms with Crippen LogP contribution < -0.4 is 19.7 Å². The Kier molecular flexibility index (Phi) is 8.00. The van der Waals surface area contributed by atoms with Crippen molar-refractivity contribution < 1.29 is 23.9 Å². The van der Waals surface area contributed by atoms with Crippen molar-refractivity contribution in [1.29, 1.82) is 0 Å². The van der Waals surface area contributed by atoms with Gasteiger partial charge in [-0.15, -0.1) is 0 Å². The number of amides is 4. The van der Waals surface area contributed by atoms with Gasteiger partial charge in [-0.2, -0.15) is 0 Å². The van der Waals surface area contributed by atoms with Crippen LogP contribution in [-0.4, -0.2) is 24.5 Å². The molecule has 0 bridgehead atoms. The fourth-order valence-corrected chi connectivity index (χ4v) is 4.37. The smallest absolute Gasteiger partial charge is 0.335 e. The molecule has 0 atom stereocenters. The number of barbiturate groups is 1. The number of urea groups is 1. The number of hydrogen-bond donors (Lipinski definition) is 1. The number of ether oxygens (including phenoxy) is 2. The minimum Gasteiger partial charge on any atom is -0.490 e. The van der Waals surface area contributed by atoms with Gasteiger partial charge in [0.15, 0.2) is 11.5 Å². The quantitative estimate of drug-likeness (QED) is 0.258. The Labute approximate surface area is 228 Å². The third-order valence-corrected chi connectivity index (χ3v) is 6.67. The van der Waals surface area contributed by atoms with Gasteiger partial charge >= 0.3 is 6.03 Å². The van der Waals surface area contributed by atoms with E-state index in [-0.39, 0.29) is 17.2 Å². The first-order chi connectivity index (χ1) is 17.7. The number of nitrogens with zero attached hydrogens (tertiary/aromatic N) is 1. The van der Waals surface area contributed by atoms with Gasteiger partial charge in [-0.05, 0) is 79.4 Å². The molecule has 1 fully saturated rings. The number of aryl methyl sites for hydroxylation is 1. The number of anilines is 1. The third kappa shape index (κ3) is 5.70. The molecular formula is C28H24BrClN2O5. The molecule has 37 heavy (non-hydrogen) atoms. The molecule has 1 N–H and O–H groups in total. The first kappa shape index (κ1) is 26.4. The van der Waals surface area contributed by atoms with Gasteiger partial charge in [0.1, 0.15) is 12.2 Å². The molecule has 1 heterocycles. The maximum atomic E-state index is 13.3. The molecule has 0 saturated carbocycles. The van der Waals surface area contributed by atoms with E-state index in [9.17, 15) is 14.4 Å². The molecular weight excluding hydrogens is 560 g/mol. The van der Waals surface area contributed by atoms with E-state index in [1.165, 1.54) is 6.08 Å². The fourth-order valence-electron chi connectivity index (χ4n) is 3.83. The van der Waals surface area contributed by atoms with Crippen LogP contribution in [0, 0.1) is 13.8 Å². The molecule has 7 nitrogen and oxygen atoms in total. The number of carbonyl (C=O) groups excluding carboxylic acids is 3. The van der Waals surface area contributed by atoms with Gasteiger partial charge in [-0.25, -0.2) is 9.69 Å². The SMILES string of the molecule is CCOc1cc(/C=C2\C(=O)NC(=O)N(c3cccc(C)c3C)C2=O)cc(Cl)c1OCc1ccc(Br)cc1. The molecule has 4 amide bonds. The second kappa shape index (κ2) is 11.2. The summed E-state index contributed by atoms with van der Waals surface area (Å²) < 4.78 is 12.7. The summed E-state index contributed by atoms with van der Waals surface area (Å²) in [5.41, 5.74) is 3.25. The lowest BCUT2D eigenvalue weighted by molar-refractivity contribution is -0.122. The molecule has 0 aromatic heterocycles. The second-order valence-corrected chi connectivity index (χ2v) is 9.68. The Morgan fingerprint density at radius 2 is 1.76 bits per heavy atom. The van der Waals surface area contributed by atoms with Crippen LogP contribution in [0.4, 0.5) is 10.5 Å². The summed E-state index contributed by atoms with van der Waals surface area (Å²) in [7, 11) is 0. The summed E-state index contributed by atoms with van der Waals surface area (Å²) in [5.74, 6) is -0.807. The zero-order chi connectivity index (χ0) is 26.7. The van der Waals surface area contributed by atoms with Gasteiger partial charge in [0.05, 0.1) is 17.3 Å². The molecule has 0 spiro atoms. The summed E-state index contributed by atoms with van der Waals surface area (Å²) in [6.45, 7) is 6.13. The summed E-state index contributed by atoms with van der Waals surface area (Å²) in [6.07, 6.45) is 1.38. The molecule has 4 rings (SSSR count). The standard InChI is InChI=1S/C28H24BrClN2O5/c1-4-36-24-14-19(13-22(30)25(24)37-15-18-8-10-20(29)11-9-18)12-21-26(33)31-28(35)32(27(21)34)23-7-5-6-16(2)17(23)3/h5-14H,4,15H2,1-3H3,(H,31,33,35)/b21-12+. The van der Waals surface area contributed by atoms with Crippen molar-refractivity contribution in [2.24, 2.45) is 0 Å². The van der Waals surface area contributed by atoms with Gasteiger partial charge in [-0.3, -0.25) is 14.9 Å². The highest BCUT2D eigenvalue weighted by Crippen LogP contribution is 2.38. The Morgan fingerprint density at radius 1 is 1.03 bits per heavy atom. The largest absolute Gasteiger partial charge is 0.490 e. The molecule has 1 aliphatic heterocycles. The van der Waals surface area contributed by atoms with Crippen LogP contribution in [0.15, 0.2) is 64.6 Å². The van der Waals surface area contributed by atoms with Crippen LogP contribution in [0.25, 0.3) is 6.08 Å². The number of benzene rings is 3. The van der Waals surface area contributed by atoms with E-state index in [4.69, 9.17) is 21.1 Å². The Bertz CT molecular complexity index is 1420. The number of halogens is 2. The fraction of sp³-hybridized carbons (Fsp3) is 0.179. The van der Waals surface area contributed by atoms with Crippen molar-refractivity contribution in [3.8, 4) is 11.5 Å². The number of imide groups is 2. The van der Waals surface area contributed by atoms with E-state index < -0.39 is 17.8 Å². The first-order valence-corrected chi connectivity index (χ1v) is 12.7. The van der Waals surface area contributed by atoms with Gasteiger partial charge in [0.25, 0.3) is 11.8 Å². The second-order valence-electron chi connectivity index (χ2n) is 8.36. The molecule has 3 aromatic carbocycles. The van der Waals surface area contributed by atoms with E-state index >= 15 is 0 Å². The maximum absolute atomic E-state index is 13.3. The maximum Gasteiger partial charge on any atom is 0.335 e. The molecule has 190 valence electrons. The number of rotatable bonds is 7. The van der Waals surface area contributed by atoms with E-state index in [0.29, 0.717) is 29.4 Å². The van der Waals surface area contributed by atoms with Crippen molar-refractivity contribution in [3.63, 3.8) is 0 Å². The minimum atomic E-state index is -0.800. The van der Waals surface area contributed by atoms with E-state index in [2.05, 4.69) is 21.2 Å². The average molecular weight is 584 g/mol. The average Bonchev–Trinajstić information content (AvgIpc) is 2.85. The summed E-state index contributed by atoms with van der Waals surface area (Å²) >= 11 is 9.95. The van der Waals surface area contributed by atoms with Crippen LogP contribution in [0.1, 0.15) is 29.2 Å². The predicted molar refractivity (Wildman–Crippen MR) is 146 cm³/mol. The number of carbonyl (C=O) groups is 3. The van der Waals surface area contributed by atoms with E-state index in [0.717, 1.165) is 26.1 Å². The Balaban J connectivity index is 1.67. The van der Waals surface area contributed by atoms with Gasteiger partial charge in [0.2, 0.25) is 0 Å². The lowest BCUT2D eigenvalue weighted by Gasteiger charge is -2.28. The van der Waals surface area contributed by atoms with Gasteiger partial charge < -0.3 is 9.47 Å². The van der Waals surface area contributed by atoms with Crippen LogP contribution in [0.2, 0.25) is 5.02 Å². The summed E-state index contributed by atoms with van der Waals surface area (Å²) in [6, 6.07) is 15.4. The monoisotopic (exact) mass is 582 g/mol. The van der Waals surface area contributed by atoms with Crippen molar-refractivity contribution in [2.45, 2.75) is 27.4 Å². The highest BCUT2D eigenvalue weighted by atomic mass is 79.9. The zero-order valence-corrected chi connectivity index (χ0v) is 22.8. The lowest BCUT2D eigenvalue weighted by Crippen LogP contribution is -2.54. The first-order valence-electron chi connectivity index (χ1n) is 11.5. The summed E-state index contributed by atoms with van der Waals surface area (Å²) in [4.78, 5) is 39.6. The van der Waals surface area contributed by atoms with Crippen molar-refractivity contribution in [3.05, 3.63) is 91.9 Å². The van der Waals surface area contributed by atoms with Crippen LogP contribution in [0.3, 0.4) is 0 Å². The topological polar surface area (TPSA) is 84.9 Å². The van der Waals surface area contributed by atoms with E-state index in [1.807, 2.05) is 51.1 Å². The number of nitrogens with one attached hydrogen (secondary N) is 1. The van der Waals surface area contributed by atoms with Crippen molar-refractivity contribution in [1.82, 2.24) is 5.32 Å². The molecule has 0 radical (unpaired) electrons. The summed E-state index contributed by atoms with van der Waals surface area (Å²) in [5, 5.41) is 2.50.